The van der Waals surface area contributed by atoms with Gasteiger partial charge in [-0.2, -0.15) is 0 Å². The van der Waals surface area contributed by atoms with Gasteiger partial charge in [-0.15, -0.1) is 0 Å². The van der Waals surface area contributed by atoms with Crippen molar-refractivity contribution in [3.05, 3.63) is 53.7 Å². The lowest BCUT2D eigenvalue weighted by molar-refractivity contribution is -0.146. The molecule has 0 fully saturated rings. The van der Waals surface area contributed by atoms with Crippen LogP contribution in [0.1, 0.15) is 36.3 Å². The molecule has 1 aromatic heterocycles. The van der Waals surface area contributed by atoms with E-state index in [1.807, 2.05) is 48.7 Å². The number of benzene rings is 2. The molecule has 164 valence electrons. The number of esters is 2. The number of hydrogen-bond acceptors (Lipinski definition) is 6. The number of carbonyl (C=O) groups is 2. The first-order valence-electron chi connectivity index (χ1n) is 10.2. The zero-order valence-electron chi connectivity index (χ0n) is 18.3. The number of aromatic nitrogens is 1. The largest absolute Gasteiger partial charge is 0.497 e. The van der Waals surface area contributed by atoms with Crippen LogP contribution in [0.15, 0.2) is 42.5 Å². The summed E-state index contributed by atoms with van der Waals surface area (Å²) in [7, 11) is 1.61. The Morgan fingerprint density at radius 1 is 0.968 bits per heavy atom. The normalized spacial score (nSPS) is 10.7. The van der Waals surface area contributed by atoms with Gasteiger partial charge in [-0.05, 0) is 62.7 Å². The molecule has 3 rings (SSSR count). The van der Waals surface area contributed by atoms with Crippen molar-refractivity contribution in [2.75, 3.05) is 26.9 Å². The van der Waals surface area contributed by atoms with Crippen LogP contribution in [0.2, 0.25) is 0 Å². The third-order valence-electron chi connectivity index (χ3n) is 4.81. The van der Waals surface area contributed by atoms with Crippen molar-refractivity contribution in [1.82, 2.24) is 4.57 Å². The second-order valence-electron chi connectivity index (χ2n) is 6.90. The first kappa shape index (κ1) is 22.2. The van der Waals surface area contributed by atoms with Crippen LogP contribution in [-0.2, 0) is 14.3 Å². The predicted octanol–water partition coefficient (Wildman–Crippen LogP) is 4.46. The predicted molar refractivity (Wildman–Crippen MR) is 117 cm³/mol. The molecule has 0 spiro atoms. The van der Waals surface area contributed by atoms with Gasteiger partial charge >= 0.3 is 11.9 Å². The van der Waals surface area contributed by atoms with Crippen molar-refractivity contribution in [2.24, 2.45) is 0 Å². The van der Waals surface area contributed by atoms with E-state index < -0.39 is 11.9 Å². The van der Waals surface area contributed by atoms with Gasteiger partial charge in [-0.3, -0.25) is 0 Å². The molecule has 7 heteroatoms. The fourth-order valence-corrected chi connectivity index (χ4v) is 3.41. The summed E-state index contributed by atoms with van der Waals surface area (Å²) in [5.74, 6) is 0.379. The Kier molecular flexibility index (Phi) is 7.18. The van der Waals surface area contributed by atoms with Gasteiger partial charge in [0.1, 0.15) is 11.5 Å². The van der Waals surface area contributed by atoms with E-state index in [1.165, 1.54) is 0 Å². The highest BCUT2D eigenvalue weighted by atomic mass is 16.6. The number of fused-ring (bicyclic) bond motifs is 1. The SMILES string of the molecule is CCCOC(=O)COc1ccc2c(c1)c(C(=O)OCC)c(C)n2-c1ccc(OC)cc1. The lowest BCUT2D eigenvalue weighted by atomic mass is 10.1. The van der Waals surface area contributed by atoms with Crippen LogP contribution in [0.4, 0.5) is 0 Å². The molecule has 3 aromatic rings. The van der Waals surface area contributed by atoms with Crippen LogP contribution in [0, 0.1) is 6.92 Å². The van der Waals surface area contributed by atoms with Crippen molar-refractivity contribution in [3.63, 3.8) is 0 Å². The van der Waals surface area contributed by atoms with Crippen molar-refractivity contribution in [3.8, 4) is 17.2 Å². The van der Waals surface area contributed by atoms with Gasteiger partial charge in [0.25, 0.3) is 0 Å². The van der Waals surface area contributed by atoms with Gasteiger partial charge in [-0.1, -0.05) is 6.92 Å². The molecule has 7 nitrogen and oxygen atoms in total. The van der Waals surface area contributed by atoms with E-state index in [0.717, 1.165) is 29.1 Å². The van der Waals surface area contributed by atoms with Gasteiger partial charge in [0.15, 0.2) is 6.61 Å². The molecule has 0 saturated carbocycles. The Hall–Kier alpha value is -3.48. The molecular weight excluding hydrogens is 398 g/mol. The average molecular weight is 425 g/mol. The van der Waals surface area contributed by atoms with E-state index >= 15 is 0 Å². The summed E-state index contributed by atoms with van der Waals surface area (Å²) in [4.78, 5) is 24.5. The van der Waals surface area contributed by atoms with Gasteiger partial charge in [-0.25, -0.2) is 9.59 Å². The first-order valence-corrected chi connectivity index (χ1v) is 10.2. The molecule has 31 heavy (non-hydrogen) atoms. The highest BCUT2D eigenvalue weighted by molar-refractivity contribution is 6.07. The summed E-state index contributed by atoms with van der Waals surface area (Å²) in [6.45, 7) is 6.00. The summed E-state index contributed by atoms with van der Waals surface area (Å²) in [5.41, 5.74) is 2.92. The lowest BCUT2D eigenvalue weighted by Crippen LogP contribution is -2.15. The lowest BCUT2D eigenvalue weighted by Gasteiger charge is -2.10. The summed E-state index contributed by atoms with van der Waals surface area (Å²) < 4.78 is 23.2. The van der Waals surface area contributed by atoms with Gasteiger partial charge in [0, 0.05) is 16.8 Å². The van der Waals surface area contributed by atoms with E-state index in [1.54, 1.807) is 26.2 Å². The Labute approximate surface area is 181 Å². The van der Waals surface area contributed by atoms with Gasteiger partial charge < -0.3 is 23.5 Å². The van der Waals surface area contributed by atoms with Crippen LogP contribution in [0.3, 0.4) is 0 Å². The van der Waals surface area contributed by atoms with Gasteiger partial charge in [0.05, 0.1) is 31.4 Å². The third kappa shape index (κ3) is 4.82. The quantitative estimate of drug-likeness (QED) is 0.471. The van der Waals surface area contributed by atoms with E-state index in [2.05, 4.69) is 0 Å². The minimum atomic E-state index is -0.431. The summed E-state index contributed by atoms with van der Waals surface area (Å²) in [6, 6.07) is 13.0. The van der Waals surface area contributed by atoms with E-state index in [-0.39, 0.29) is 13.2 Å². The first-order chi connectivity index (χ1) is 15.0. The van der Waals surface area contributed by atoms with Crippen LogP contribution < -0.4 is 9.47 Å². The van der Waals surface area contributed by atoms with Crippen LogP contribution in [0.25, 0.3) is 16.6 Å². The van der Waals surface area contributed by atoms with Crippen molar-refractivity contribution in [1.29, 1.82) is 0 Å². The van der Waals surface area contributed by atoms with Crippen LogP contribution >= 0.6 is 0 Å². The minimum absolute atomic E-state index is 0.196. The Balaban J connectivity index is 2.03. The monoisotopic (exact) mass is 425 g/mol. The number of nitrogens with zero attached hydrogens (tertiary/aromatic N) is 1. The molecule has 0 aliphatic heterocycles. The maximum Gasteiger partial charge on any atom is 0.344 e. The fourth-order valence-electron chi connectivity index (χ4n) is 3.41. The molecule has 1 heterocycles. The minimum Gasteiger partial charge on any atom is -0.497 e. The average Bonchev–Trinajstić information content (AvgIpc) is 3.07. The molecule has 0 aliphatic carbocycles. The molecule has 0 unspecified atom stereocenters. The van der Waals surface area contributed by atoms with E-state index in [0.29, 0.717) is 23.3 Å². The Morgan fingerprint density at radius 2 is 1.68 bits per heavy atom. The molecule has 0 amide bonds. The Bertz CT molecular complexity index is 1070. The molecule has 0 N–H and O–H groups in total. The standard InChI is InChI=1S/C24H27NO6/c1-5-13-30-22(26)15-31-19-11-12-21-20(14-19)23(24(27)29-6-2)16(3)25(21)17-7-9-18(28-4)10-8-17/h7-12,14H,5-6,13,15H2,1-4H3. The maximum atomic E-state index is 12.7. The van der Waals surface area contributed by atoms with Gasteiger partial charge in [0.2, 0.25) is 0 Å². The highest BCUT2D eigenvalue weighted by Crippen LogP contribution is 2.33. The summed E-state index contributed by atoms with van der Waals surface area (Å²) >= 11 is 0. The van der Waals surface area contributed by atoms with Crippen LogP contribution in [0.5, 0.6) is 11.5 Å². The zero-order chi connectivity index (χ0) is 22.4. The molecule has 0 bridgehead atoms. The maximum absolute atomic E-state index is 12.7. The highest BCUT2D eigenvalue weighted by Gasteiger charge is 2.22. The molecular formula is C24H27NO6. The van der Waals surface area contributed by atoms with E-state index in [4.69, 9.17) is 18.9 Å². The Morgan fingerprint density at radius 3 is 2.32 bits per heavy atom. The molecule has 0 atom stereocenters. The number of methoxy groups -OCH3 is 1. The molecule has 0 aliphatic rings. The molecule has 0 radical (unpaired) electrons. The second kappa shape index (κ2) is 10.0. The number of hydrogen-bond donors (Lipinski definition) is 0. The number of carbonyl (C=O) groups excluding carboxylic acids is 2. The smallest absolute Gasteiger partial charge is 0.344 e. The molecule has 2 aromatic carbocycles. The number of ether oxygens (including phenoxy) is 4. The number of rotatable bonds is 9. The van der Waals surface area contributed by atoms with E-state index in [9.17, 15) is 9.59 Å². The molecule has 0 saturated heterocycles. The second-order valence-corrected chi connectivity index (χ2v) is 6.90. The van der Waals surface area contributed by atoms with Crippen molar-refractivity contribution >= 4 is 22.8 Å². The fraction of sp³-hybridized carbons (Fsp3) is 0.333. The van der Waals surface area contributed by atoms with Crippen molar-refractivity contribution in [2.45, 2.75) is 27.2 Å². The zero-order valence-corrected chi connectivity index (χ0v) is 18.3. The van der Waals surface area contributed by atoms with Crippen molar-refractivity contribution < 1.29 is 28.5 Å². The summed E-state index contributed by atoms with van der Waals surface area (Å²) in [6.07, 6.45) is 0.749. The topological polar surface area (TPSA) is 76.0 Å². The third-order valence-corrected chi connectivity index (χ3v) is 4.81. The van der Waals surface area contributed by atoms with Crippen LogP contribution in [-0.4, -0.2) is 43.4 Å². The summed E-state index contributed by atoms with van der Waals surface area (Å²) in [5, 5.41) is 0.686.